The minimum atomic E-state index is 0.549. The third kappa shape index (κ3) is 4.22. The Morgan fingerprint density at radius 2 is 2.27 bits per heavy atom. The van der Waals surface area contributed by atoms with Crippen LogP contribution in [0.5, 0.6) is 0 Å². The number of halogens is 1. The Labute approximate surface area is 97.0 Å². The standard InChI is InChI=1S/C11H20ClN3/c1-10(2)15(6-4-5-12)9-11-7-13-14(3)8-11/h7-8,10H,4-6,9H2,1-3H3. The number of rotatable bonds is 6. The lowest BCUT2D eigenvalue weighted by Gasteiger charge is -2.25. The van der Waals surface area contributed by atoms with E-state index in [1.54, 1.807) is 0 Å². The third-order valence-electron chi connectivity index (χ3n) is 2.45. The summed E-state index contributed by atoms with van der Waals surface area (Å²) in [4.78, 5) is 2.42. The molecule has 0 amide bonds. The molecule has 15 heavy (non-hydrogen) atoms. The van der Waals surface area contributed by atoms with E-state index in [1.807, 2.05) is 17.9 Å². The Balaban J connectivity index is 2.50. The van der Waals surface area contributed by atoms with Crippen molar-refractivity contribution < 1.29 is 0 Å². The van der Waals surface area contributed by atoms with Crippen LogP contribution < -0.4 is 0 Å². The lowest BCUT2D eigenvalue weighted by Crippen LogP contribution is -2.31. The maximum absolute atomic E-state index is 5.71. The van der Waals surface area contributed by atoms with Crippen molar-refractivity contribution in [3.8, 4) is 0 Å². The molecule has 0 N–H and O–H groups in total. The van der Waals surface area contributed by atoms with E-state index in [2.05, 4.69) is 30.0 Å². The van der Waals surface area contributed by atoms with Crippen molar-refractivity contribution in [2.45, 2.75) is 32.9 Å². The summed E-state index contributed by atoms with van der Waals surface area (Å²) in [6, 6.07) is 0.549. The molecule has 86 valence electrons. The zero-order valence-electron chi connectivity index (χ0n) is 9.78. The second-order valence-electron chi connectivity index (χ2n) is 4.13. The molecule has 1 heterocycles. The summed E-state index contributed by atoms with van der Waals surface area (Å²) in [6.45, 7) is 6.44. The fraction of sp³-hybridized carbons (Fsp3) is 0.727. The van der Waals surface area contributed by atoms with E-state index in [1.165, 1.54) is 5.56 Å². The van der Waals surface area contributed by atoms with Gasteiger partial charge in [-0.15, -0.1) is 11.6 Å². The van der Waals surface area contributed by atoms with E-state index >= 15 is 0 Å². The van der Waals surface area contributed by atoms with Crippen molar-refractivity contribution in [1.29, 1.82) is 0 Å². The van der Waals surface area contributed by atoms with Crippen molar-refractivity contribution in [2.75, 3.05) is 12.4 Å². The molecule has 0 aliphatic carbocycles. The molecule has 0 atom stereocenters. The van der Waals surface area contributed by atoms with Crippen LogP contribution in [0.2, 0.25) is 0 Å². The molecule has 0 saturated carbocycles. The van der Waals surface area contributed by atoms with Crippen LogP contribution in [0.25, 0.3) is 0 Å². The van der Waals surface area contributed by atoms with Crippen LogP contribution in [-0.4, -0.2) is 33.1 Å². The number of aryl methyl sites for hydroxylation is 1. The lowest BCUT2D eigenvalue weighted by molar-refractivity contribution is 0.213. The molecular weight excluding hydrogens is 210 g/mol. The predicted molar refractivity (Wildman–Crippen MR) is 64.1 cm³/mol. The van der Waals surface area contributed by atoms with E-state index < -0.39 is 0 Å². The van der Waals surface area contributed by atoms with Gasteiger partial charge >= 0.3 is 0 Å². The van der Waals surface area contributed by atoms with Crippen molar-refractivity contribution in [3.05, 3.63) is 18.0 Å². The summed E-state index contributed by atoms with van der Waals surface area (Å²) >= 11 is 5.71. The highest BCUT2D eigenvalue weighted by Crippen LogP contribution is 2.08. The van der Waals surface area contributed by atoms with Gasteiger partial charge < -0.3 is 0 Å². The second-order valence-corrected chi connectivity index (χ2v) is 4.51. The number of aromatic nitrogens is 2. The third-order valence-corrected chi connectivity index (χ3v) is 2.72. The number of hydrogen-bond donors (Lipinski definition) is 0. The van der Waals surface area contributed by atoms with Gasteiger partial charge in [0, 0.05) is 37.3 Å². The summed E-state index contributed by atoms with van der Waals surface area (Å²) in [5.41, 5.74) is 1.26. The van der Waals surface area contributed by atoms with Crippen LogP contribution in [0, 0.1) is 0 Å². The zero-order chi connectivity index (χ0) is 11.3. The van der Waals surface area contributed by atoms with Crippen LogP contribution in [-0.2, 0) is 13.6 Å². The molecule has 0 aromatic carbocycles. The fourth-order valence-corrected chi connectivity index (χ4v) is 1.69. The minimum absolute atomic E-state index is 0.549. The van der Waals surface area contributed by atoms with Crippen molar-refractivity contribution in [1.82, 2.24) is 14.7 Å². The summed E-state index contributed by atoms with van der Waals surface area (Å²) in [5, 5.41) is 4.17. The van der Waals surface area contributed by atoms with Gasteiger partial charge in [0.25, 0.3) is 0 Å². The van der Waals surface area contributed by atoms with Crippen LogP contribution >= 0.6 is 11.6 Å². The predicted octanol–water partition coefficient (Wildman–Crippen LogP) is 2.26. The Kier molecular flexibility index (Phi) is 5.12. The van der Waals surface area contributed by atoms with Gasteiger partial charge in [-0.25, -0.2) is 0 Å². The van der Waals surface area contributed by atoms with Crippen molar-refractivity contribution in [2.24, 2.45) is 7.05 Å². The molecule has 0 spiro atoms. The molecule has 0 fully saturated rings. The molecule has 0 bridgehead atoms. The molecule has 4 heteroatoms. The summed E-state index contributed by atoms with van der Waals surface area (Å²) in [5.74, 6) is 0.732. The fourth-order valence-electron chi connectivity index (χ4n) is 1.57. The van der Waals surface area contributed by atoms with Gasteiger partial charge in [0.2, 0.25) is 0 Å². The summed E-state index contributed by atoms with van der Waals surface area (Å²) < 4.78 is 1.84. The molecule has 1 aromatic rings. The van der Waals surface area contributed by atoms with E-state index in [9.17, 15) is 0 Å². The summed E-state index contributed by atoms with van der Waals surface area (Å²) in [6.07, 6.45) is 5.03. The van der Waals surface area contributed by atoms with Gasteiger partial charge in [0.1, 0.15) is 0 Å². The van der Waals surface area contributed by atoms with Crippen LogP contribution in [0.1, 0.15) is 25.8 Å². The Morgan fingerprint density at radius 3 is 2.73 bits per heavy atom. The topological polar surface area (TPSA) is 21.1 Å². The smallest absolute Gasteiger partial charge is 0.0534 e. The number of alkyl halides is 1. The van der Waals surface area contributed by atoms with Gasteiger partial charge in [-0.2, -0.15) is 5.10 Å². The first-order chi connectivity index (χ1) is 7.13. The maximum Gasteiger partial charge on any atom is 0.0534 e. The number of nitrogens with zero attached hydrogens (tertiary/aromatic N) is 3. The van der Waals surface area contributed by atoms with E-state index in [0.717, 1.165) is 25.4 Å². The van der Waals surface area contributed by atoms with Crippen molar-refractivity contribution in [3.63, 3.8) is 0 Å². The SMILES string of the molecule is CC(C)N(CCCCl)Cc1cnn(C)c1. The zero-order valence-corrected chi connectivity index (χ0v) is 10.5. The average Bonchev–Trinajstić information content (AvgIpc) is 2.58. The summed E-state index contributed by atoms with van der Waals surface area (Å²) in [7, 11) is 1.95. The van der Waals surface area contributed by atoms with Gasteiger partial charge in [-0.3, -0.25) is 9.58 Å². The quantitative estimate of drug-likeness (QED) is 0.698. The highest BCUT2D eigenvalue weighted by molar-refractivity contribution is 6.17. The van der Waals surface area contributed by atoms with Crippen LogP contribution in [0.15, 0.2) is 12.4 Å². The molecular formula is C11H20ClN3. The Bertz CT molecular complexity index is 283. The molecule has 0 unspecified atom stereocenters. The Morgan fingerprint density at radius 1 is 1.53 bits per heavy atom. The van der Waals surface area contributed by atoms with E-state index in [-0.39, 0.29) is 0 Å². The monoisotopic (exact) mass is 229 g/mol. The van der Waals surface area contributed by atoms with Gasteiger partial charge in [-0.05, 0) is 26.8 Å². The molecule has 0 aliphatic rings. The van der Waals surface area contributed by atoms with Gasteiger partial charge in [0.05, 0.1) is 6.20 Å². The molecule has 1 rings (SSSR count). The molecule has 0 saturated heterocycles. The average molecular weight is 230 g/mol. The molecule has 3 nitrogen and oxygen atoms in total. The largest absolute Gasteiger partial charge is 0.297 e. The molecule has 1 aromatic heterocycles. The maximum atomic E-state index is 5.71. The first kappa shape index (κ1) is 12.5. The number of hydrogen-bond acceptors (Lipinski definition) is 2. The Hall–Kier alpha value is -0.540. The van der Waals surface area contributed by atoms with Crippen LogP contribution in [0.3, 0.4) is 0 Å². The first-order valence-corrected chi connectivity index (χ1v) is 5.94. The lowest BCUT2D eigenvalue weighted by atomic mass is 10.2. The van der Waals surface area contributed by atoms with Crippen LogP contribution in [0.4, 0.5) is 0 Å². The molecule has 0 aliphatic heterocycles. The van der Waals surface area contributed by atoms with E-state index in [0.29, 0.717) is 6.04 Å². The highest BCUT2D eigenvalue weighted by atomic mass is 35.5. The van der Waals surface area contributed by atoms with E-state index in [4.69, 9.17) is 11.6 Å². The second kappa shape index (κ2) is 6.13. The minimum Gasteiger partial charge on any atom is -0.297 e. The normalized spacial score (nSPS) is 11.6. The van der Waals surface area contributed by atoms with Gasteiger partial charge in [0.15, 0.2) is 0 Å². The highest BCUT2D eigenvalue weighted by Gasteiger charge is 2.10. The molecule has 0 radical (unpaired) electrons. The van der Waals surface area contributed by atoms with Gasteiger partial charge in [-0.1, -0.05) is 0 Å². The van der Waals surface area contributed by atoms with Crippen molar-refractivity contribution >= 4 is 11.6 Å². The first-order valence-electron chi connectivity index (χ1n) is 5.41.